The average Bonchev–Trinajstić information content (AvgIpc) is 2.95. The second-order valence-corrected chi connectivity index (χ2v) is 4.91. The van der Waals surface area contributed by atoms with Crippen molar-refractivity contribution < 1.29 is 18.4 Å². The van der Waals surface area contributed by atoms with E-state index in [2.05, 4.69) is 0 Å². The summed E-state index contributed by atoms with van der Waals surface area (Å²) in [4.78, 5) is 12.4. The SMILES string of the molecule is O=C1N(F)c2cccc(F)c2C12COc1ccccc12. The van der Waals surface area contributed by atoms with Crippen LogP contribution >= 0.6 is 0 Å². The molecule has 5 heteroatoms. The Morgan fingerprint density at radius 1 is 1.15 bits per heavy atom. The first-order valence-electron chi connectivity index (χ1n) is 6.18. The summed E-state index contributed by atoms with van der Waals surface area (Å²) in [7, 11) is 0. The van der Waals surface area contributed by atoms with E-state index in [0.717, 1.165) is 0 Å². The first-order chi connectivity index (χ1) is 9.66. The Morgan fingerprint density at radius 3 is 2.80 bits per heavy atom. The van der Waals surface area contributed by atoms with E-state index < -0.39 is 17.1 Å². The van der Waals surface area contributed by atoms with Crippen LogP contribution in [-0.2, 0) is 10.2 Å². The summed E-state index contributed by atoms with van der Waals surface area (Å²) in [6, 6.07) is 10.9. The normalized spacial score (nSPS) is 22.9. The topological polar surface area (TPSA) is 29.5 Å². The van der Waals surface area contributed by atoms with E-state index in [9.17, 15) is 13.7 Å². The quantitative estimate of drug-likeness (QED) is 0.691. The van der Waals surface area contributed by atoms with Crippen LogP contribution in [0, 0.1) is 5.82 Å². The monoisotopic (exact) mass is 273 g/mol. The third kappa shape index (κ3) is 1.11. The Morgan fingerprint density at radius 2 is 1.95 bits per heavy atom. The van der Waals surface area contributed by atoms with Gasteiger partial charge in [-0.1, -0.05) is 28.7 Å². The van der Waals surface area contributed by atoms with Crippen molar-refractivity contribution in [1.82, 2.24) is 0 Å². The highest BCUT2D eigenvalue weighted by Gasteiger charge is 2.59. The predicted octanol–water partition coefficient (Wildman–Crippen LogP) is 2.74. The number of amides is 1. The van der Waals surface area contributed by atoms with Crippen molar-refractivity contribution in [3.05, 3.63) is 59.4 Å². The third-order valence-corrected chi connectivity index (χ3v) is 3.96. The van der Waals surface area contributed by atoms with Gasteiger partial charge in [-0.25, -0.2) is 4.39 Å². The standard InChI is InChI=1S/C15H9F2NO2/c16-10-5-3-6-11-13(10)15(14(19)18(11)17)8-20-12-7-2-1-4-9(12)15/h1-7H,8H2. The second kappa shape index (κ2) is 3.56. The molecule has 4 rings (SSSR count). The number of hydrogen-bond donors (Lipinski definition) is 0. The molecule has 0 radical (unpaired) electrons. The number of fused-ring (bicyclic) bond motifs is 4. The molecule has 3 nitrogen and oxygen atoms in total. The van der Waals surface area contributed by atoms with Crippen molar-refractivity contribution >= 4 is 11.6 Å². The largest absolute Gasteiger partial charge is 0.491 e. The van der Waals surface area contributed by atoms with Gasteiger partial charge in [0.05, 0.1) is 5.69 Å². The highest BCUT2D eigenvalue weighted by Crippen LogP contribution is 2.52. The molecule has 1 spiro atoms. The van der Waals surface area contributed by atoms with Crippen LogP contribution in [0.4, 0.5) is 14.6 Å². The van der Waals surface area contributed by atoms with Crippen LogP contribution in [0.25, 0.3) is 0 Å². The highest BCUT2D eigenvalue weighted by atomic mass is 19.2. The smallest absolute Gasteiger partial charge is 0.273 e. The number of hydrogen-bond acceptors (Lipinski definition) is 2. The number of benzene rings is 2. The highest BCUT2D eigenvalue weighted by molar-refractivity contribution is 6.10. The number of nitrogens with zero attached hydrogens (tertiary/aromatic N) is 1. The summed E-state index contributed by atoms with van der Waals surface area (Å²) in [5, 5.41) is 0.0177. The molecular weight excluding hydrogens is 264 g/mol. The van der Waals surface area contributed by atoms with Gasteiger partial charge in [-0.15, -0.1) is 5.12 Å². The van der Waals surface area contributed by atoms with Crippen molar-refractivity contribution in [2.24, 2.45) is 0 Å². The lowest BCUT2D eigenvalue weighted by Gasteiger charge is -2.20. The van der Waals surface area contributed by atoms with Gasteiger partial charge in [0.25, 0.3) is 5.91 Å². The fourth-order valence-electron chi connectivity index (χ4n) is 3.08. The van der Waals surface area contributed by atoms with Gasteiger partial charge < -0.3 is 4.74 Å². The van der Waals surface area contributed by atoms with Gasteiger partial charge in [-0.3, -0.25) is 4.79 Å². The minimum atomic E-state index is -1.41. The number of rotatable bonds is 0. The Balaban J connectivity index is 2.09. The second-order valence-electron chi connectivity index (χ2n) is 4.91. The number of carbonyl (C=O) groups is 1. The Hall–Kier alpha value is -2.43. The number of halogens is 2. The summed E-state index contributed by atoms with van der Waals surface area (Å²) in [5.41, 5.74) is -0.893. The molecular formula is C15H9F2NO2. The van der Waals surface area contributed by atoms with Crippen molar-refractivity contribution in [1.29, 1.82) is 0 Å². The maximum Gasteiger partial charge on any atom is 0.273 e. The van der Waals surface area contributed by atoms with Gasteiger partial charge in [-0.2, -0.15) is 0 Å². The summed E-state index contributed by atoms with van der Waals surface area (Å²) < 4.78 is 33.9. The summed E-state index contributed by atoms with van der Waals surface area (Å²) in [5.74, 6) is -0.913. The molecule has 0 saturated carbocycles. The molecule has 1 unspecified atom stereocenters. The Bertz CT molecular complexity index is 746. The van der Waals surface area contributed by atoms with E-state index >= 15 is 0 Å². The molecule has 2 aromatic carbocycles. The van der Waals surface area contributed by atoms with Crippen LogP contribution in [0.1, 0.15) is 11.1 Å². The zero-order valence-corrected chi connectivity index (χ0v) is 10.3. The van der Waals surface area contributed by atoms with Crippen molar-refractivity contribution in [3.63, 3.8) is 0 Å². The van der Waals surface area contributed by atoms with Crippen LogP contribution in [-0.4, -0.2) is 12.5 Å². The minimum Gasteiger partial charge on any atom is -0.491 e. The van der Waals surface area contributed by atoms with E-state index in [4.69, 9.17) is 4.74 Å². The van der Waals surface area contributed by atoms with Crippen LogP contribution in [0.5, 0.6) is 5.75 Å². The van der Waals surface area contributed by atoms with Gasteiger partial charge >= 0.3 is 0 Å². The van der Waals surface area contributed by atoms with Crippen LogP contribution in [0.15, 0.2) is 42.5 Å². The number of para-hydroxylation sites is 1. The number of ether oxygens (including phenoxy) is 1. The third-order valence-electron chi connectivity index (χ3n) is 3.96. The maximum atomic E-state index is 14.2. The van der Waals surface area contributed by atoms with Crippen LogP contribution in [0.3, 0.4) is 0 Å². The average molecular weight is 273 g/mol. The number of carbonyl (C=O) groups excluding carboxylic acids is 1. The Labute approximate surface area is 113 Å². The van der Waals surface area contributed by atoms with Gasteiger partial charge in [0, 0.05) is 11.1 Å². The molecule has 0 fully saturated rings. The first kappa shape index (κ1) is 11.4. The minimum absolute atomic E-state index is 0.0177. The van der Waals surface area contributed by atoms with Crippen molar-refractivity contribution in [2.75, 3.05) is 11.7 Å². The number of anilines is 1. The predicted molar refractivity (Wildman–Crippen MR) is 67.7 cm³/mol. The maximum absolute atomic E-state index is 14.2. The summed E-state index contributed by atoms with van der Waals surface area (Å²) >= 11 is 0. The molecule has 0 aromatic heterocycles. The molecule has 1 amide bonds. The Kier molecular flexibility index (Phi) is 2.03. The lowest BCUT2D eigenvalue weighted by Crippen LogP contribution is -2.40. The van der Waals surface area contributed by atoms with Gasteiger partial charge in [0.15, 0.2) is 0 Å². The van der Waals surface area contributed by atoms with Gasteiger partial charge in [-0.05, 0) is 18.2 Å². The van der Waals surface area contributed by atoms with E-state index in [1.54, 1.807) is 24.3 Å². The zero-order valence-electron chi connectivity index (χ0n) is 10.3. The van der Waals surface area contributed by atoms with Gasteiger partial charge in [0.1, 0.15) is 23.6 Å². The fourth-order valence-corrected chi connectivity index (χ4v) is 3.08. The molecule has 2 aliphatic rings. The van der Waals surface area contributed by atoms with E-state index in [1.165, 1.54) is 18.2 Å². The first-order valence-corrected chi connectivity index (χ1v) is 6.18. The van der Waals surface area contributed by atoms with E-state index in [0.29, 0.717) is 11.3 Å². The molecule has 1 atom stereocenters. The molecule has 2 aromatic rings. The van der Waals surface area contributed by atoms with Crippen molar-refractivity contribution in [2.45, 2.75) is 5.41 Å². The summed E-state index contributed by atoms with van der Waals surface area (Å²) in [6.45, 7) is -0.0838. The van der Waals surface area contributed by atoms with E-state index in [-0.39, 0.29) is 23.0 Å². The molecule has 100 valence electrons. The molecule has 2 aliphatic heterocycles. The van der Waals surface area contributed by atoms with Crippen LogP contribution < -0.4 is 9.86 Å². The van der Waals surface area contributed by atoms with Crippen molar-refractivity contribution in [3.8, 4) is 5.75 Å². The molecule has 20 heavy (non-hydrogen) atoms. The molecule has 0 bridgehead atoms. The molecule has 0 N–H and O–H groups in total. The lowest BCUT2D eigenvalue weighted by atomic mass is 9.77. The van der Waals surface area contributed by atoms with E-state index in [1.807, 2.05) is 0 Å². The molecule has 0 saturated heterocycles. The van der Waals surface area contributed by atoms with Gasteiger partial charge in [0.2, 0.25) is 0 Å². The lowest BCUT2D eigenvalue weighted by molar-refractivity contribution is -0.124. The molecule has 2 heterocycles. The summed E-state index contributed by atoms with van der Waals surface area (Å²) in [6.07, 6.45) is 0. The zero-order chi connectivity index (χ0) is 13.9. The van der Waals surface area contributed by atoms with Crippen LogP contribution in [0.2, 0.25) is 0 Å². The molecule has 0 aliphatic carbocycles. The fraction of sp³-hybridized carbons (Fsp3) is 0.133.